The standard InChI is InChI=1S/2C14H8N2O2S/c17-9-15-11-1-5-13(6-2-11)19-14-7-3-12(4-8-14)16-10-18;17-9-15-11-3-1-5-13(7-11)19-14-6-2-4-12(8-14)16-10-18/h2*1-8H. The van der Waals surface area contributed by atoms with Gasteiger partial charge in [0.1, 0.15) is 0 Å². The number of hydrogen-bond acceptors (Lipinski definition) is 10. The van der Waals surface area contributed by atoms with Crippen molar-refractivity contribution in [2.24, 2.45) is 20.0 Å². The van der Waals surface area contributed by atoms with E-state index in [0.717, 1.165) is 19.6 Å². The van der Waals surface area contributed by atoms with Crippen molar-refractivity contribution in [3.05, 3.63) is 97.1 Å². The van der Waals surface area contributed by atoms with Crippen LogP contribution in [0.15, 0.2) is 137 Å². The molecule has 184 valence electrons. The maximum atomic E-state index is 10.2. The normalized spacial score (nSPS) is 9.26. The Morgan fingerprint density at radius 2 is 0.737 bits per heavy atom. The predicted molar refractivity (Wildman–Crippen MR) is 145 cm³/mol. The number of hydrogen-bond donors (Lipinski definition) is 0. The zero-order valence-electron chi connectivity index (χ0n) is 19.5. The maximum Gasteiger partial charge on any atom is 0.240 e. The Morgan fingerprint density at radius 1 is 0.395 bits per heavy atom. The number of isocyanates is 4. The molecule has 4 aromatic rings. The lowest BCUT2D eigenvalue weighted by molar-refractivity contribution is 0.564. The van der Waals surface area contributed by atoms with Crippen molar-refractivity contribution in [3.63, 3.8) is 0 Å². The molecular formula is C28H16N4O4S2. The van der Waals surface area contributed by atoms with Crippen LogP contribution in [0.5, 0.6) is 0 Å². The highest BCUT2D eigenvalue weighted by Crippen LogP contribution is 2.32. The Bertz CT molecular complexity index is 1460. The van der Waals surface area contributed by atoms with E-state index in [1.165, 1.54) is 36.1 Å². The number of benzene rings is 4. The fourth-order valence-corrected chi connectivity index (χ4v) is 4.63. The summed E-state index contributed by atoms with van der Waals surface area (Å²) < 4.78 is 0. The van der Waals surface area contributed by atoms with E-state index in [0.29, 0.717) is 22.7 Å². The van der Waals surface area contributed by atoms with Crippen molar-refractivity contribution in [2.75, 3.05) is 0 Å². The fourth-order valence-electron chi connectivity index (χ4n) is 2.89. The summed E-state index contributed by atoms with van der Waals surface area (Å²) in [6.07, 6.45) is 6.01. The fraction of sp³-hybridized carbons (Fsp3) is 0. The molecule has 4 rings (SSSR count). The molecule has 0 saturated carbocycles. The average Bonchev–Trinajstić information content (AvgIpc) is 2.93. The number of nitrogens with zero attached hydrogens (tertiary/aromatic N) is 4. The van der Waals surface area contributed by atoms with Gasteiger partial charge in [0.05, 0.1) is 22.7 Å². The van der Waals surface area contributed by atoms with Crippen molar-refractivity contribution >= 4 is 70.6 Å². The second kappa shape index (κ2) is 15.3. The monoisotopic (exact) mass is 536 g/mol. The van der Waals surface area contributed by atoms with Gasteiger partial charge >= 0.3 is 0 Å². The molecule has 0 aromatic heterocycles. The molecule has 0 atom stereocenters. The maximum absolute atomic E-state index is 10.2. The van der Waals surface area contributed by atoms with E-state index in [-0.39, 0.29) is 0 Å². The molecule has 0 aliphatic heterocycles. The first kappa shape index (κ1) is 27.7. The van der Waals surface area contributed by atoms with Crippen LogP contribution in [-0.2, 0) is 19.2 Å². The molecule has 4 aromatic carbocycles. The highest BCUT2D eigenvalue weighted by atomic mass is 32.2. The van der Waals surface area contributed by atoms with E-state index in [1.54, 1.807) is 60.3 Å². The molecule has 0 saturated heterocycles. The third kappa shape index (κ3) is 9.28. The Hall–Kier alpha value is -4.90. The van der Waals surface area contributed by atoms with E-state index < -0.39 is 0 Å². The first-order valence-electron chi connectivity index (χ1n) is 10.7. The lowest BCUT2D eigenvalue weighted by atomic mass is 10.3. The van der Waals surface area contributed by atoms with Crippen LogP contribution in [0.2, 0.25) is 0 Å². The summed E-state index contributed by atoms with van der Waals surface area (Å²) in [4.78, 5) is 58.7. The van der Waals surface area contributed by atoms with Crippen LogP contribution in [0.3, 0.4) is 0 Å². The molecule has 0 spiro atoms. The molecule has 0 aliphatic carbocycles. The van der Waals surface area contributed by atoms with Crippen LogP contribution < -0.4 is 0 Å². The van der Waals surface area contributed by atoms with E-state index in [2.05, 4.69) is 20.0 Å². The van der Waals surface area contributed by atoms with Gasteiger partial charge in [-0.2, -0.15) is 20.0 Å². The number of aliphatic imine (C=N–C) groups is 4. The summed E-state index contributed by atoms with van der Waals surface area (Å²) in [5, 5.41) is 0. The second-order valence-electron chi connectivity index (χ2n) is 7.00. The molecule has 0 amide bonds. The summed E-state index contributed by atoms with van der Waals surface area (Å²) in [5.74, 6) is 0. The van der Waals surface area contributed by atoms with Crippen LogP contribution >= 0.6 is 23.5 Å². The van der Waals surface area contributed by atoms with Crippen LogP contribution in [0.4, 0.5) is 22.7 Å². The van der Waals surface area contributed by atoms with Crippen molar-refractivity contribution in [3.8, 4) is 0 Å². The lowest BCUT2D eigenvalue weighted by Gasteiger charge is -2.02. The minimum Gasteiger partial charge on any atom is -0.211 e. The molecule has 10 heteroatoms. The molecule has 0 fully saturated rings. The molecule has 0 radical (unpaired) electrons. The van der Waals surface area contributed by atoms with E-state index in [4.69, 9.17) is 0 Å². The first-order valence-corrected chi connectivity index (χ1v) is 12.3. The van der Waals surface area contributed by atoms with Gasteiger partial charge in [-0.1, -0.05) is 35.7 Å². The van der Waals surface area contributed by atoms with Gasteiger partial charge in [0.25, 0.3) is 0 Å². The van der Waals surface area contributed by atoms with Gasteiger partial charge < -0.3 is 0 Å². The SMILES string of the molecule is O=C=Nc1ccc(Sc2ccc(N=C=O)cc2)cc1.O=C=Nc1cccc(Sc2cccc(N=C=O)c2)c1. The van der Waals surface area contributed by atoms with Crippen LogP contribution in [-0.4, -0.2) is 24.3 Å². The smallest absolute Gasteiger partial charge is 0.211 e. The summed E-state index contributed by atoms with van der Waals surface area (Å²) in [7, 11) is 0. The van der Waals surface area contributed by atoms with Crippen LogP contribution in [0.25, 0.3) is 0 Å². The largest absolute Gasteiger partial charge is 0.240 e. The molecular weight excluding hydrogens is 520 g/mol. The Morgan fingerprint density at radius 3 is 1.11 bits per heavy atom. The van der Waals surface area contributed by atoms with Gasteiger partial charge in [0, 0.05) is 19.6 Å². The Labute approximate surface area is 226 Å². The molecule has 0 aliphatic rings. The Balaban J connectivity index is 0.000000211. The van der Waals surface area contributed by atoms with Crippen molar-refractivity contribution < 1.29 is 19.2 Å². The topological polar surface area (TPSA) is 118 Å². The second-order valence-corrected chi connectivity index (χ2v) is 9.29. The molecule has 8 nitrogen and oxygen atoms in total. The molecule has 0 N–H and O–H groups in total. The van der Waals surface area contributed by atoms with E-state index >= 15 is 0 Å². The van der Waals surface area contributed by atoms with Gasteiger partial charge in [0.2, 0.25) is 24.3 Å². The van der Waals surface area contributed by atoms with Gasteiger partial charge in [-0.25, -0.2) is 19.2 Å². The molecule has 38 heavy (non-hydrogen) atoms. The predicted octanol–water partition coefficient (Wildman–Crippen LogP) is 7.54. The third-order valence-corrected chi connectivity index (χ3v) is 6.47. The lowest BCUT2D eigenvalue weighted by Crippen LogP contribution is -1.74. The van der Waals surface area contributed by atoms with Crippen LogP contribution in [0.1, 0.15) is 0 Å². The van der Waals surface area contributed by atoms with Crippen molar-refractivity contribution in [1.29, 1.82) is 0 Å². The molecule has 0 heterocycles. The third-order valence-electron chi connectivity index (χ3n) is 4.48. The van der Waals surface area contributed by atoms with Crippen molar-refractivity contribution in [2.45, 2.75) is 19.6 Å². The zero-order valence-corrected chi connectivity index (χ0v) is 21.1. The highest BCUT2D eigenvalue weighted by Gasteiger charge is 2.01. The van der Waals surface area contributed by atoms with Crippen LogP contribution in [0, 0.1) is 0 Å². The van der Waals surface area contributed by atoms with Gasteiger partial charge in [-0.3, -0.25) is 0 Å². The van der Waals surface area contributed by atoms with Gasteiger partial charge in [-0.05, 0) is 84.9 Å². The summed E-state index contributed by atoms with van der Waals surface area (Å²) in [5.41, 5.74) is 2.27. The Kier molecular flexibility index (Phi) is 11.1. The number of rotatable bonds is 8. The zero-order chi connectivity index (χ0) is 27.0. The van der Waals surface area contributed by atoms with Crippen molar-refractivity contribution in [1.82, 2.24) is 0 Å². The molecule has 0 bridgehead atoms. The average molecular weight is 537 g/mol. The summed E-state index contributed by atoms with van der Waals surface area (Å²) >= 11 is 3.05. The first-order chi connectivity index (χ1) is 18.6. The van der Waals surface area contributed by atoms with E-state index in [9.17, 15) is 19.2 Å². The van der Waals surface area contributed by atoms with Gasteiger partial charge in [-0.15, -0.1) is 0 Å². The highest BCUT2D eigenvalue weighted by molar-refractivity contribution is 7.99. The summed E-state index contributed by atoms with van der Waals surface area (Å²) in [6.45, 7) is 0. The van der Waals surface area contributed by atoms with Gasteiger partial charge in [0.15, 0.2) is 0 Å². The van der Waals surface area contributed by atoms with E-state index in [1.807, 2.05) is 48.5 Å². The minimum atomic E-state index is 0.557. The number of carbonyl (C=O) groups excluding carboxylic acids is 4. The summed E-state index contributed by atoms with van der Waals surface area (Å²) in [6, 6.07) is 28.9. The quantitative estimate of drug-likeness (QED) is 0.169. The minimum absolute atomic E-state index is 0.557. The molecule has 0 unspecified atom stereocenters.